The third-order valence-electron chi connectivity index (χ3n) is 4.23. The van der Waals surface area contributed by atoms with E-state index >= 15 is 0 Å². The van der Waals surface area contributed by atoms with E-state index in [1.807, 2.05) is 27.7 Å². The highest BCUT2D eigenvalue weighted by Gasteiger charge is 2.58. The van der Waals surface area contributed by atoms with E-state index in [2.05, 4.69) is 6.92 Å². The van der Waals surface area contributed by atoms with E-state index in [-0.39, 0.29) is 24.4 Å². The van der Waals surface area contributed by atoms with Crippen LogP contribution in [-0.2, 0) is 28.4 Å². The molecule has 0 saturated carbocycles. The molecule has 0 N–H and O–H groups in total. The van der Waals surface area contributed by atoms with Crippen LogP contribution in [0.25, 0.3) is 0 Å². The first kappa shape index (κ1) is 16.6. The Morgan fingerprint density at radius 3 is 2.41 bits per heavy atom. The molecule has 0 aromatic rings. The number of hydrogen-bond donors (Lipinski definition) is 0. The van der Waals surface area contributed by atoms with Crippen molar-refractivity contribution in [3.63, 3.8) is 0 Å². The molecule has 0 aromatic carbocycles. The Hall–Kier alpha value is -0.240. The van der Waals surface area contributed by atoms with Gasteiger partial charge in [-0.05, 0) is 34.1 Å². The summed E-state index contributed by atoms with van der Waals surface area (Å²) >= 11 is 0. The van der Waals surface area contributed by atoms with E-state index in [9.17, 15) is 0 Å². The van der Waals surface area contributed by atoms with Crippen molar-refractivity contribution in [2.45, 2.75) is 89.7 Å². The molecule has 128 valence electrons. The summed E-state index contributed by atoms with van der Waals surface area (Å²) in [6.45, 7) is 10.9. The lowest BCUT2D eigenvalue weighted by atomic mass is 10.1. The quantitative estimate of drug-likeness (QED) is 0.725. The van der Waals surface area contributed by atoms with Crippen molar-refractivity contribution in [3.8, 4) is 0 Å². The fourth-order valence-corrected chi connectivity index (χ4v) is 3.23. The van der Waals surface area contributed by atoms with Crippen LogP contribution >= 0.6 is 0 Å². The summed E-state index contributed by atoms with van der Waals surface area (Å²) in [5, 5.41) is 0. The zero-order valence-corrected chi connectivity index (χ0v) is 14.2. The molecule has 0 aromatic heterocycles. The van der Waals surface area contributed by atoms with E-state index in [1.165, 1.54) is 0 Å². The standard InChI is InChI=1S/C16H28O6/c1-6-7-8-17-12-11(10-9-18-15(2,3)20-10)19-14-13(12)21-16(4,5)22-14/h10-14H,6-9H2,1-5H3/t10-,11+,12+,13+,14-/m0/s1. The second-order valence-electron chi connectivity index (χ2n) is 7.13. The van der Waals surface area contributed by atoms with Gasteiger partial charge in [-0.3, -0.25) is 0 Å². The minimum atomic E-state index is -0.640. The normalized spacial score (nSPS) is 42.7. The van der Waals surface area contributed by atoms with Crippen LogP contribution in [0.5, 0.6) is 0 Å². The fourth-order valence-electron chi connectivity index (χ4n) is 3.23. The van der Waals surface area contributed by atoms with Crippen molar-refractivity contribution in [1.82, 2.24) is 0 Å². The minimum Gasteiger partial charge on any atom is -0.372 e. The van der Waals surface area contributed by atoms with Crippen molar-refractivity contribution in [3.05, 3.63) is 0 Å². The second-order valence-corrected chi connectivity index (χ2v) is 7.13. The van der Waals surface area contributed by atoms with E-state index in [0.717, 1.165) is 12.8 Å². The lowest BCUT2D eigenvalue weighted by Gasteiger charge is -2.29. The Balaban J connectivity index is 1.69. The highest BCUT2D eigenvalue weighted by atomic mass is 16.8. The Bertz CT molecular complexity index is 396. The summed E-state index contributed by atoms with van der Waals surface area (Å²) in [6.07, 6.45) is 0.889. The summed E-state index contributed by atoms with van der Waals surface area (Å²) in [4.78, 5) is 0. The molecule has 3 rings (SSSR count). The zero-order valence-electron chi connectivity index (χ0n) is 14.2. The average molecular weight is 316 g/mol. The van der Waals surface area contributed by atoms with Gasteiger partial charge in [0.1, 0.15) is 24.4 Å². The summed E-state index contributed by atoms with van der Waals surface area (Å²) < 4.78 is 35.6. The third-order valence-corrected chi connectivity index (χ3v) is 4.23. The second kappa shape index (κ2) is 6.00. The van der Waals surface area contributed by atoms with Crippen LogP contribution in [0.3, 0.4) is 0 Å². The Kier molecular flexibility index (Phi) is 4.53. The number of hydrogen-bond acceptors (Lipinski definition) is 6. The first-order valence-electron chi connectivity index (χ1n) is 8.26. The molecule has 5 atom stereocenters. The topological polar surface area (TPSA) is 55.4 Å². The van der Waals surface area contributed by atoms with Gasteiger partial charge in [-0.25, -0.2) is 0 Å². The van der Waals surface area contributed by atoms with Crippen molar-refractivity contribution < 1.29 is 28.4 Å². The predicted octanol–water partition coefficient (Wildman–Crippen LogP) is 2.20. The first-order chi connectivity index (χ1) is 10.3. The molecule has 3 fully saturated rings. The molecule has 6 nitrogen and oxygen atoms in total. The predicted molar refractivity (Wildman–Crippen MR) is 78.3 cm³/mol. The summed E-state index contributed by atoms with van der Waals surface area (Å²) in [5.74, 6) is -1.22. The lowest BCUT2D eigenvalue weighted by Crippen LogP contribution is -2.44. The van der Waals surface area contributed by atoms with Crippen LogP contribution in [0.15, 0.2) is 0 Å². The maximum atomic E-state index is 6.08. The van der Waals surface area contributed by atoms with Crippen LogP contribution in [0.1, 0.15) is 47.5 Å². The van der Waals surface area contributed by atoms with Crippen LogP contribution in [0, 0.1) is 0 Å². The molecule has 0 unspecified atom stereocenters. The van der Waals surface area contributed by atoms with Crippen LogP contribution in [0.4, 0.5) is 0 Å². The fraction of sp³-hybridized carbons (Fsp3) is 1.00. The number of unbranched alkanes of at least 4 members (excludes halogenated alkanes) is 1. The molecule has 0 bridgehead atoms. The average Bonchev–Trinajstić information content (AvgIpc) is 3.01. The molecular formula is C16H28O6. The van der Waals surface area contributed by atoms with E-state index in [1.54, 1.807) is 0 Å². The van der Waals surface area contributed by atoms with Gasteiger partial charge in [0, 0.05) is 6.61 Å². The molecule has 6 heteroatoms. The minimum absolute atomic E-state index is 0.164. The summed E-state index contributed by atoms with van der Waals surface area (Å²) in [5.41, 5.74) is 0. The number of rotatable bonds is 5. The largest absolute Gasteiger partial charge is 0.372 e. The zero-order chi connectivity index (χ0) is 16.0. The molecule has 3 heterocycles. The number of fused-ring (bicyclic) bond motifs is 1. The van der Waals surface area contributed by atoms with Crippen molar-refractivity contribution in [1.29, 1.82) is 0 Å². The molecular weight excluding hydrogens is 288 g/mol. The van der Waals surface area contributed by atoms with Gasteiger partial charge in [0.05, 0.1) is 6.61 Å². The van der Waals surface area contributed by atoms with Crippen molar-refractivity contribution in [2.24, 2.45) is 0 Å². The van der Waals surface area contributed by atoms with Gasteiger partial charge in [-0.15, -0.1) is 0 Å². The van der Waals surface area contributed by atoms with Gasteiger partial charge >= 0.3 is 0 Å². The highest BCUT2D eigenvalue weighted by molar-refractivity contribution is 4.98. The molecule has 3 saturated heterocycles. The van der Waals surface area contributed by atoms with Gasteiger partial charge in [-0.2, -0.15) is 0 Å². The van der Waals surface area contributed by atoms with Gasteiger partial charge in [0.2, 0.25) is 0 Å². The molecule has 0 aliphatic carbocycles. The van der Waals surface area contributed by atoms with Gasteiger partial charge < -0.3 is 28.4 Å². The maximum absolute atomic E-state index is 6.08. The monoisotopic (exact) mass is 316 g/mol. The molecule has 3 aliphatic rings. The van der Waals surface area contributed by atoms with Crippen LogP contribution in [-0.4, -0.2) is 55.5 Å². The first-order valence-corrected chi connectivity index (χ1v) is 8.26. The Labute approximate surface area is 132 Å². The lowest BCUT2D eigenvalue weighted by molar-refractivity contribution is -0.236. The van der Waals surface area contributed by atoms with Gasteiger partial charge in [-0.1, -0.05) is 13.3 Å². The van der Waals surface area contributed by atoms with Gasteiger partial charge in [0.25, 0.3) is 0 Å². The molecule has 0 amide bonds. The molecule has 0 radical (unpaired) electrons. The summed E-state index contributed by atoms with van der Waals surface area (Å²) in [7, 11) is 0. The van der Waals surface area contributed by atoms with Crippen LogP contribution in [0.2, 0.25) is 0 Å². The van der Waals surface area contributed by atoms with Crippen molar-refractivity contribution >= 4 is 0 Å². The van der Waals surface area contributed by atoms with E-state index in [4.69, 9.17) is 28.4 Å². The van der Waals surface area contributed by atoms with Gasteiger partial charge in [0.15, 0.2) is 17.9 Å². The Morgan fingerprint density at radius 1 is 1.00 bits per heavy atom. The summed E-state index contributed by atoms with van der Waals surface area (Å²) in [6, 6.07) is 0. The molecule has 22 heavy (non-hydrogen) atoms. The van der Waals surface area contributed by atoms with E-state index < -0.39 is 17.9 Å². The van der Waals surface area contributed by atoms with E-state index in [0.29, 0.717) is 13.2 Å². The SMILES string of the molecule is CCCCO[C@H]1[C@H]2OC(C)(C)O[C@@H]2O[C@@H]1[C@@H]1COC(C)(C)O1. The van der Waals surface area contributed by atoms with Crippen LogP contribution < -0.4 is 0 Å². The van der Waals surface area contributed by atoms with Crippen molar-refractivity contribution in [2.75, 3.05) is 13.2 Å². The molecule has 0 spiro atoms. The maximum Gasteiger partial charge on any atom is 0.190 e. The Morgan fingerprint density at radius 2 is 1.77 bits per heavy atom. The smallest absolute Gasteiger partial charge is 0.190 e. The number of ether oxygens (including phenoxy) is 6. The molecule has 3 aliphatic heterocycles. The third kappa shape index (κ3) is 3.32. The highest BCUT2D eigenvalue weighted by Crippen LogP contribution is 2.41.